The lowest BCUT2D eigenvalue weighted by molar-refractivity contribution is 0.156. The lowest BCUT2D eigenvalue weighted by Gasteiger charge is -2.33. The molecule has 0 bridgehead atoms. The van der Waals surface area contributed by atoms with E-state index in [0.717, 1.165) is 63.3 Å². The highest BCUT2D eigenvalue weighted by atomic mass is 16.3. The Balaban J connectivity index is 1.03. The lowest BCUT2D eigenvalue weighted by Crippen LogP contribution is -2.51. The average Bonchev–Trinajstić information content (AvgIpc) is 3.59. The van der Waals surface area contributed by atoms with Crippen LogP contribution in [0.25, 0.3) is 0 Å². The third kappa shape index (κ3) is 7.32. The van der Waals surface area contributed by atoms with E-state index in [2.05, 4.69) is 52.4 Å². The van der Waals surface area contributed by atoms with E-state index in [1.165, 1.54) is 31.4 Å². The fourth-order valence-corrected chi connectivity index (χ4v) is 5.90. The van der Waals surface area contributed by atoms with Crippen molar-refractivity contribution in [3.63, 3.8) is 0 Å². The molecule has 0 atom stereocenters. The van der Waals surface area contributed by atoms with E-state index < -0.39 is 0 Å². The molecular formula is C26H41N9O2. The first kappa shape index (κ1) is 25.7. The van der Waals surface area contributed by atoms with Gasteiger partial charge in [0, 0.05) is 61.6 Å². The number of aromatic nitrogens is 4. The van der Waals surface area contributed by atoms with Crippen molar-refractivity contribution < 1.29 is 9.90 Å². The van der Waals surface area contributed by atoms with Crippen molar-refractivity contribution in [3.05, 3.63) is 24.0 Å². The lowest BCUT2D eigenvalue weighted by atomic mass is 9.91. The number of anilines is 3. The van der Waals surface area contributed by atoms with Crippen LogP contribution in [-0.4, -0.2) is 80.6 Å². The Labute approximate surface area is 218 Å². The number of hydrogen-bond donors (Lipinski definition) is 6. The van der Waals surface area contributed by atoms with Gasteiger partial charge in [-0.3, -0.25) is 5.10 Å². The number of piperidine rings is 1. The summed E-state index contributed by atoms with van der Waals surface area (Å²) in [6, 6.07) is 4.57. The molecule has 11 nitrogen and oxygen atoms in total. The summed E-state index contributed by atoms with van der Waals surface area (Å²) < 4.78 is 0. The largest absolute Gasteiger partial charge is 0.395 e. The number of rotatable bonds is 9. The van der Waals surface area contributed by atoms with E-state index in [-0.39, 0.29) is 30.8 Å². The van der Waals surface area contributed by atoms with Crippen molar-refractivity contribution in [1.82, 2.24) is 35.7 Å². The van der Waals surface area contributed by atoms with Gasteiger partial charge >= 0.3 is 6.03 Å². The predicted octanol–water partition coefficient (Wildman–Crippen LogP) is 3.08. The summed E-state index contributed by atoms with van der Waals surface area (Å²) in [6.07, 6.45) is 12.4. The number of carbonyl (C=O) groups is 1. The number of hydrogen-bond acceptors (Lipinski definition) is 8. The summed E-state index contributed by atoms with van der Waals surface area (Å²) in [4.78, 5) is 23.8. The van der Waals surface area contributed by atoms with Crippen LogP contribution in [0.4, 0.5) is 22.4 Å². The Morgan fingerprint density at radius 3 is 2.41 bits per heavy atom. The molecule has 3 heterocycles. The molecule has 3 aliphatic rings. The summed E-state index contributed by atoms with van der Waals surface area (Å²) in [5.41, 5.74) is 1.20. The highest BCUT2D eigenvalue weighted by Crippen LogP contribution is 2.34. The molecule has 37 heavy (non-hydrogen) atoms. The second-order valence-corrected chi connectivity index (χ2v) is 10.7. The smallest absolute Gasteiger partial charge is 0.315 e. The van der Waals surface area contributed by atoms with E-state index in [1.54, 1.807) is 6.20 Å². The molecule has 2 aromatic heterocycles. The molecule has 2 aromatic rings. The fraction of sp³-hybridized carbons (Fsp3) is 0.692. The van der Waals surface area contributed by atoms with Crippen LogP contribution < -0.4 is 21.3 Å². The van der Waals surface area contributed by atoms with Crippen LogP contribution >= 0.6 is 0 Å². The molecule has 5 rings (SSSR count). The Hall–Kier alpha value is -2.92. The number of nitrogens with zero attached hydrogens (tertiary/aromatic N) is 4. The van der Waals surface area contributed by atoms with E-state index in [4.69, 9.17) is 5.11 Å². The van der Waals surface area contributed by atoms with Crippen LogP contribution in [-0.2, 0) is 0 Å². The molecule has 2 saturated carbocycles. The monoisotopic (exact) mass is 511 g/mol. The quantitative estimate of drug-likeness (QED) is 0.301. The molecule has 0 radical (unpaired) electrons. The van der Waals surface area contributed by atoms with Crippen molar-refractivity contribution >= 4 is 23.6 Å². The minimum Gasteiger partial charge on any atom is -0.395 e. The molecule has 0 spiro atoms. The maximum absolute atomic E-state index is 12.5. The van der Waals surface area contributed by atoms with Crippen molar-refractivity contribution in [3.8, 4) is 0 Å². The molecule has 3 fully saturated rings. The Morgan fingerprint density at radius 1 is 0.973 bits per heavy atom. The summed E-state index contributed by atoms with van der Waals surface area (Å²) in [6.45, 7) is 2.75. The van der Waals surface area contributed by atoms with Crippen LogP contribution in [0.15, 0.2) is 18.3 Å². The van der Waals surface area contributed by atoms with E-state index in [0.29, 0.717) is 18.4 Å². The number of aromatic amines is 1. The van der Waals surface area contributed by atoms with Crippen molar-refractivity contribution in [2.45, 2.75) is 88.3 Å². The van der Waals surface area contributed by atoms with Gasteiger partial charge in [0.15, 0.2) is 5.82 Å². The maximum atomic E-state index is 12.5. The number of H-pyrrole nitrogens is 1. The van der Waals surface area contributed by atoms with Crippen molar-refractivity contribution in [2.24, 2.45) is 0 Å². The number of nitrogens with one attached hydrogen (secondary N) is 5. The number of β-amino-alcohol motifs (C(OH)–C–C–N with tert-alkyl or cyclic N) is 1. The Bertz CT molecular complexity index is 993. The van der Waals surface area contributed by atoms with Crippen LogP contribution in [0.3, 0.4) is 0 Å². The van der Waals surface area contributed by atoms with Gasteiger partial charge in [0.05, 0.1) is 6.61 Å². The highest BCUT2D eigenvalue weighted by molar-refractivity contribution is 5.74. The van der Waals surface area contributed by atoms with Gasteiger partial charge in [-0.25, -0.2) is 9.78 Å². The predicted molar refractivity (Wildman–Crippen MR) is 143 cm³/mol. The van der Waals surface area contributed by atoms with Gasteiger partial charge in [0.1, 0.15) is 5.82 Å². The molecule has 1 aliphatic heterocycles. The second kappa shape index (κ2) is 12.6. The minimum absolute atomic E-state index is 0.0615. The van der Waals surface area contributed by atoms with Gasteiger partial charge in [-0.15, -0.1) is 0 Å². The Kier molecular flexibility index (Phi) is 8.72. The summed E-state index contributed by atoms with van der Waals surface area (Å²) in [5, 5.41) is 29.7. The van der Waals surface area contributed by atoms with Crippen LogP contribution in [0.5, 0.6) is 0 Å². The van der Waals surface area contributed by atoms with E-state index in [1.807, 2.05) is 6.07 Å². The molecule has 2 amide bonds. The molecule has 0 aromatic carbocycles. The molecular weight excluding hydrogens is 470 g/mol. The van der Waals surface area contributed by atoms with Gasteiger partial charge in [-0.1, -0.05) is 12.8 Å². The molecule has 202 valence electrons. The number of carbonyl (C=O) groups excluding carboxylic acids is 1. The van der Waals surface area contributed by atoms with Gasteiger partial charge in [0.2, 0.25) is 5.95 Å². The number of urea groups is 1. The summed E-state index contributed by atoms with van der Waals surface area (Å²) in [7, 11) is 0. The van der Waals surface area contributed by atoms with E-state index >= 15 is 0 Å². The zero-order chi connectivity index (χ0) is 25.5. The molecule has 6 N–H and O–H groups in total. The third-order valence-electron chi connectivity index (χ3n) is 8.04. The number of likely N-dealkylation sites (tertiary alicyclic amines) is 1. The zero-order valence-electron chi connectivity index (χ0n) is 21.6. The van der Waals surface area contributed by atoms with Gasteiger partial charge in [0.25, 0.3) is 0 Å². The highest BCUT2D eigenvalue weighted by Gasteiger charge is 2.25. The average molecular weight is 512 g/mol. The zero-order valence-corrected chi connectivity index (χ0v) is 21.6. The first-order valence-electron chi connectivity index (χ1n) is 14.0. The SMILES string of the molecule is O=C(NC1CCC(Nc2nccc(Nc3cc(C4CCCC4)[nH]n3)n2)CC1)NC1CCN(CCO)CC1. The summed E-state index contributed by atoms with van der Waals surface area (Å²) >= 11 is 0. The van der Waals surface area contributed by atoms with Crippen molar-refractivity contribution in [1.29, 1.82) is 0 Å². The van der Waals surface area contributed by atoms with Crippen LogP contribution in [0.1, 0.15) is 75.8 Å². The topological polar surface area (TPSA) is 143 Å². The van der Waals surface area contributed by atoms with Crippen LogP contribution in [0, 0.1) is 0 Å². The van der Waals surface area contributed by atoms with E-state index in [9.17, 15) is 4.79 Å². The summed E-state index contributed by atoms with van der Waals surface area (Å²) in [5.74, 6) is 2.71. The fourth-order valence-electron chi connectivity index (χ4n) is 5.90. The van der Waals surface area contributed by atoms with Crippen molar-refractivity contribution in [2.75, 3.05) is 36.9 Å². The van der Waals surface area contributed by atoms with Gasteiger partial charge in [-0.05, 0) is 57.4 Å². The van der Waals surface area contributed by atoms with Gasteiger partial charge < -0.3 is 31.3 Å². The standard InChI is InChI=1S/C26H41N9O2/c36-16-15-35-13-10-21(11-14-35)30-26(37)29-20-7-5-19(6-8-20)28-25-27-12-9-23(32-25)31-24-17-22(33-34-24)18-3-1-2-4-18/h9,12,17-21,36H,1-8,10-11,13-16H2,(H2,29,30,37)(H3,27,28,31,32,33,34). The molecule has 1 saturated heterocycles. The first-order chi connectivity index (χ1) is 18.1. The number of aliphatic hydroxyl groups is 1. The maximum Gasteiger partial charge on any atom is 0.315 e. The molecule has 11 heteroatoms. The second-order valence-electron chi connectivity index (χ2n) is 10.7. The Morgan fingerprint density at radius 2 is 1.68 bits per heavy atom. The van der Waals surface area contributed by atoms with Gasteiger partial charge in [-0.2, -0.15) is 10.1 Å². The first-order valence-corrected chi connectivity index (χ1v) is 14.0. The number of aliphatic hydroxyl groups excluding tert-OH is 1. The number of amides is 2. The molecule has 2 aliphatic carbocycles. The minimum atomic E-state index is -0.0615. The molecule has 0 unspecified atom stereocenters. The normalized spacial score (nSPS) is 23.6. The van der Waals surface area contributed by atoms with Crippen LogP contribution in [0.2, 0.25) is 0 Å². The third-order valence-corrected chi connectivity index (χ3v) is 8.04.